The van der Waals surface area contributed by atoms with Crippen molar-refractivity contribution in [3.8, 4) is 0 Å². The second kappa shape index (κ2) is 5.54. The molecule has 1 aromatic carbocycles. The molecule has 2 nitrogen and oxygen atoms in total. The number of hydrogen-bond donors (Lipinski definition) is 0. The first-order valence-corrected chi connectivity index (χ1v) is 9.56. The molecule has 0 radical (unpaired) electrons. The minimum atomic E-state index is -0.0658. The Kier molecular flexibility index (Phi) is 4.12. The molecule has 0 N–H and O–H groups in total. The predicted octanol–water partition coefficient (Wildman–Crippen LogP) is 4.74. The standard InChI is InChI=1S/C19H29NOS/c1-13-11-19(4,14-9-7-8-10-16(14)22-6)12-15-17(13)20(5)21-18(15,2)3/h7-10,13,15,17H,11-12H2,1-6H3/t13-,15-,17-,19-/m1/s1. The average Bonchev–Trinajstić information content (AvgIpc) is 2.68. The zero-order chi connectivity index (χ0) is 16.1. The van der Waals surface area contributed by atoms with Crippen LogP contribution < -0.4 is 0 Å². The van der Waals surface area contributed by atoms with Crippen molar-refractivity contribution >= 4 is 11.8 Å². The van der Waals surface area contributed by atoms with E-state index in [1.807, 2.05) is 11.8 Å². The number of hydrogen-bond acceptors (Lipinski definition) is 3. The summed E-state index contributed by atoms with van der Waals surface area (Å²) in [6, 6.07) is 9.50. The van der Waals surface area contributed by atoms with E-state index in [9.17, 15) is 0 Å². The van der Waals surface area contributed by atoms with Gasteiger partial charge in [-0.15, -0.1) is 11.8 Å². The Morgan fingerprint density at radius 1 is 1.18 bits per heavy atom. The zero-order valence-corrected chi connectivity index (χ0v) is 15.5. The molecule has 0 amide bonds. The molecule has 22 heavy (non-hydrogen) atoms. The van der Waals surface area contributed by atoms with Gasteiger partial charge in [-0.3, -0.25) is 4.84 Å². The Morgan fingerprint density at radius 3 is 2.55 bits per heavy atom. The summed E-state index contributed by atoms with van der Waals surface area (Å²) in [6.07, 6.45) is 4.63. The van der Waals surface area contributed by atoms with Gasteiger partial charge in [0.2, 0.25) is 0 Å². The smallest absolute Gasteiger partial charge is 0.0887 e. The topological polar surface area (TPSA) is 12.5 Å². The Hall–Kier alpha value is -0.510. The zero-order valence-electron chi connectivity index (χ0n) is 14.7. The molecule has 3 heteroatoms. The molecule has 2 fully saturated rings. The van der Waals surface area contributed by atoms with E-state index < -0.39 is 0 Å². The number of hydroxylamine groups is 2. The Morgan fingerprint density at radius 2 is 1.86 bits per heavy atom. The number of fused-ring (bicyclic) bond motifs is 1. The van der Waals surface area contributed by atoms with Crippen LogP contribution in [0.15, 0.2) is 29.2 Å². The summed E-state index contributed by atoms with van der Waals surface area (Å²) in [7, 11) is 2.11. The largest absolute Gasteiger partial charge is 0.293 e. The van der Waals surface area contributed by atoms with E-state index in [1.165, 1.54) is 23.3 Å². The van der Waals surface area contributed by atoms with Gasteiger partial charge >= 0.3 is 0 Å². The van der Waals surface area contributed by atoms with Crippen LogP contribution in [-0.4, -0.2) is 30.0 Å². The first kappa shape index (κ1) is 16.4. The van der Waals surface area contributed by atoms with Crippen molar-refractivity contribution in [3.63, 3.8) is 0 Å². The van der Waals surface area contributed by atoms with Crippen LogP contribution in [0.25, 0.3) is 0 Å². The molecule has 122 valence electrons. The Bertz CT molecular complexity index is 558. The molecule has 3 rings (SSSR count). The summed E-state index contributed by atoms with van der Waals surface area (Å²) in [5.41, 5.74) is 1.70. The summed E-state index contributed by atoms with van der Waals surface area (Å²) in [5.74, 6) is 1.23. The van der Waals surface area contributed by atoms with E-state index >= 15 is 0 Å². The number of rotatable bonds is 2. The lowest BCUT2D eigenvalue weighted by Gasteiger charge is -2.47. The summed E-state index contributed by atoms with van der Waals surface area (Å²) in [5, 5.41) is 2.13. The van der Waals surface area contributed by atoms with Crippen molar-refractivity contribution in [2.24, 2.45) is 11.8 Å². The lowest BCUT2D eigenvalue weighted by molar-refractivity contribution is -0.182. The fraction of sp³-hybridized carbons (Fsp3) is 0.684. The normalized spacial score (nSPS) is 38.0. The highest BCUT2D eigenvalue weighted by atomic mass is 32.2. The van der Waals surface area contributed by atoms with Crippen molar-refractivity contribution in [2.75, 3.05) is 13.3 Å². The van der Waals surface area contributed by atoms with E-state index in [2.05, 4.69) is 70.3 Å². The molecule has 1 saturated heterocycles. The van der Waals surface area contributed by atoms with Crippen molar-refractivity contribution in [1.82, 2.24) is 5.06 Å². The second-order valence-corrected chi connectivity index (χ2v) is 8.83. The van der Waals surface area contributed by atoms with Crippen molar-refractivity contribution in [1.29, 1.82) is 0 Å². The molecule has 1 saturated carbocycles. The van der Waals surface area contributed by atoms with Crippen LogP contribution in [0, 0.1) is 11.8 Å². The van der Waals surface area contributed by atoms with E-state index in [0.29, 0.717) is 17.9 Å². The molecular formula is C19H29NOS. The van der Waals surface area contributed by atoms with Crippen LogP contribution in [0.3, 0.4) is 0 Å². The van der Waals surface area contributed by atoms with Crippen molar-refractivity contribution < 1.29 is 4.84 Å². The second-order valence-electron chi connectivity index (χ2n) is 7.98. The van der Waals surface area contributed by atoms with Crippen LogP contribution in [0.5, 0.6) is 0 Å². The lowest BCUT2D eigenvalue weighted by atomic mass is 9.59. The fourth-order valence-corrected chi connectivity index (χ4v) is 5.80. The SMILES string of the molecule is CSc1ccccc1[C@]1(C)C[C@@H](C)[C@@H]2[C@@H](C1)C(C)(C)ON2C. The van der Waals surface area contributed by atoms with Crippen LogP contribution >= 0.6 is 11.8 Å². The number of benzene rings is 1. The molecule has 2 aliphatic rings. The minimum absolute atomic E-state index is 0.0658. The Balaban J connectivity index is 2.00. The molecule has 0 bridgehead atoms. The van der Waals surface area contributed by atoms with Crippen LogP contribution in [0.2, 0.25) is 0 Å². The molecular weight excluding hydrogens is 290 g/mol. The van der Waals surface area contributed by atoms with Gasteiger partial charge in [0.15, 0.2) is 0 Å². The summed E-state index contributed by atoms with van der Waals surface area (Å²) < 4.78 is 0. The van der Waals surface area contributed by atoms with Gasteiger partial charge in [0.25, 0.3) is 0 Å². The highest BCUT2D eigenvalue weighted by Gasteiger charge is 2.55. The van der Waals surface area contributed by atoms with E-state index in [4.69, 9.17) is 4.84 Å². The van der Waals surface area contributed by atoms with E-state index in [-0.39, 0.29) is 11.0 Å². The highest BCUT2D eigenvalue weighted by molar-refractivity contribution is 7.98. The molecule has 0 spiro atoms. The van der Waals surface area contributed by atoms with Gasteiger partial charge in [-0.2, -0.15) is 5.06 Å². The van der Waals surface area contributed by atoms with Gasteiger partial charge < -0.3 is 0 Å². The van der Waals surface area contributed by atoms with Crippen molar-refractivity contribution in [3.05, 3.63) is 29.8 Å². The van der Waals surface area contributed by atoms with Gasteiger partial charge in [0.1, 0.15) is 0 Å². The summed E-state index contributed by atoms with van der Waals surface area (Å²) >= 11 is 1.87. The minimum Gasteiger partial charge on any atom is -0.293 e. The van der Waals surface area contributed by atoms with Crippen LogP contribution in [0.1, 0.15) is 46.1 Å². The first-order valence-electron chi connectivity index (χ1n) is 8.34. The lowest BCUT2D eigenvalue weighted by Crippen LogP contribution is -2.48. The third-order valence-corrected chi connectivity index (χ3v) is 6.68. The predicted molar refractivity (Wildman–Crippen MR) is 94.2 cm³/mol. The maximum atomic E-state index is 6.18. The van der Waals surface area contributed by atoms with Gasteiger partial charge in [-0.1, -0.05) is 32.0 Å². The molecule has 0 aromatic heterocycles. The molecule has 1 aromatic rings. The summed E-state index contributed by atoms with van der Waals surface area (Å²) in [6.45, 7) is 9.38. The third kappa shape index (κ3) is 2.51. The van der Waals surface area contributed by atoms with E-state index in [1.54, 1.807) is 0 Å². The van der Waals surface area contributed by atoms with E-state index in [0.717, 1.165) is 0 Å². The third-order valence-electron chi connectivity index (χ3n) is 5.89. The average molecular weight is 320 g/mol. The number of nitrogens with zero attached hydrogens (tertiary/aromatic N) is 1. The van der Waals surface area contributed by atoms with Gasteiger partial charge in [0.05, 0.1) is 5.60 Å². The first-order chi connectivity index (χ1) is 10.3. The molecule has 0 unspecified atom stereocenters. The molecule has 1 heterocycles. The monoisotopic (exact) mass is 319 g/mol. The van der Waals surface area contributed by atoms with Gasteiger partial charge in [-0.25, -0.2) is 0 Å². The maximum Gasteiger partial charge on any atom is 0.0887 e. The molecule has 4 atom stereocenters. The van der Waals surface area contributed by atoms with Gasteiger partial charge in [0, 0.05) is 23.9 Å². The van der Waals surface area contributed by atoms with Crippen LogP contribution in [-0.2, 0) is 10.3 Å². The van der Waals surface area contributed by atoms with Crippen LogP contribution in [0.4, 0.5) is 0 Å². The van der Waals surface area contributed by atoms with Gasteiger partial charge in [-0.05, 0) is 55.9 Å². The fourth-order valence-electron chi connectivity index (χ4n) is 5.05. The quantitative estimate of drug-likeness (QED) is 0.731. The molecule has 1 aliphatic heterocycles. The Labute approximate surface area is 139 Å². The highest BCUT2D eigenvalue weighted by Crippen LogP contribution is 2.54. The number of thioether (sulfide) groups is 1. The van der Waals surface area contributed by atoms with Crippen molar-refractivity contribution in [2.45, 2.75) is 62.5 Å². The maximum absolute atomic E-state index is 6.18. The summed E-state index contributed by atoms with van der Waals surface area (Å²) in [4.78, 5) is 7.61. The molecule has 1 aliphatic carbocycles.